The number of benzene rings is 1. The third-order valence-corrected chi connectivity index (χ3v) is 3.40. The Morgan fingerprint density at radius 1 is 1.06 bits per heavy atom. The van der Waals surface area contributed by atoms with Crippen molar-refractivity contribution in [3.8, 4) is 0 Å². The van der Waals surface area contributed by atoms with Crippen molar-refractivity contribution in [3.63, 3.8) is 0 Å². The Hall–Kier alpha value is -1.28. The number of piperidine rings is 1. The number of furan rings is 1. The highest BCUT2D eigenvalue weighted by atomic mass is 16.3. The zero-order chi connectivity index (χ0) is 10.8. The summed E-state index contributed by atoms with van der Waals surface area (Å²) in [5.74, 6) is 0. The molecule has 0 spiro atoms. The Balaban J connectivity index is 1.83. The molecule has 2 heterocycles. The predicted octanol–water partition coefficient (Wildman–Crippen LogP) is 3.42. The van der Waals surface area contributed by atoms with Crippen molar-refractivity contribution in [2.75, 3.05) is 13.1 Å². The van der Waals surface area contributed by atoms with Crippen LogP contribution in [-0.4, -0.2) is 18.0 Å². The molecule has 0 N–H and O–H groups in total. The van der Waals surface area contributed by atoms with Gasteiger partial charge in [-0.3, -0.25) is 4.90 Å². The van der Waals surface area contributed by atoms with Gasteiger partial charge in [-0.05, 0) is 32.0 Å². The Morgan fingerprint density at radius 2 is 1.88 bits per heavy atom. The second-order valence-electron chi connectivity index (χ2n) is 4.59. The highest BCUT2D eigenvalue weighted by molar-refractivity contribution is 5.80. The van der Waals surface area contributed by atoms with E-state index in [-0.39, 0.29) is 0 Å². The molecule has 2 heteroatoms. The molecule has 0 unspecified atom stereocenters. The normalized spacial score (nSPS) is 18.0. The summed E-state index contributed by atoms with van der Waals surface area (Å²) in [4.78, 5) is 2.53. The molecule has 16 heavy (non-hydrogen) atoms. The van der Waals surface area contributed by atoms with Gasteiger partial charge in [0, 0.05) is 17.5 Å². The molecule has 1 aromatic carbocycles. The van der Waals surface area contributed by atoms with E-state index in [2.05, 4.69) is 17.0 Å². The molecular weight excluding hydrogens is 198 g/mol. The molecule has 0 atom stereocenters. The zero-order valence-corrected chi connectivity index (χ0v) is 9.48. The van der Waals surface area contributed by atoms with Crippen molar-refractivity contribution in [1.29, 1.82) is 0 Å². The van der Waals surface area contributed by atoms with Crippen molar-refractivity contribution in [1.82, 2.24) is 4.90 Å². The van der Waals surface area contributed by atoms with Gasteiger partial charge in [0.25, 0.3) is 0 Å². The van der Waals surface area contributed by atoms with Gasteiger partial charge < -0.3 is 4.42 Å². The summed E-state index contributed by atoms with van der Waals surface area (Å²) in [6.07, 6.45) is 5.99. The summed E-state index contributed by atoms with van der Waals surface area (Å²) < 4.78 is 5.56. The fourth-order valence-electron chi connectivity index (χ4n) is 2.51. The van der Waals surface area contributed by atoms with E-state index in [9.17, 15) is 0 Å². The predicted molar refractivity (Wildman–Crippen MR) is 65.3 cm³/mol. The van der Waals surface area contributed by atoms with E-state index in [1.54, 1.807) is 0 Å². The number of rotatable bonds is 2. The first-order valence-electron chi connectivity index (χ1n) is 6.11. The monoisotopic (exact) mass is 215 g/mol. The lowest BCUT2D eigenvalue weighted by Crippen LogP contribution is -2.28. The molecule has 1 saturated heterocycles. The molecule has 0 amide bonds. The van der Waals surface area contributed by atoms with Gasteiger partial charge in [-0.1, -0.05) is 24.6 Å². The Labute approximate surface area is 95.9 Å². The van der Waals surface area contributed by atoms with Crippen LogP contribution in [0.1, 0.15) is 24.8 Å². The van der Waals surface area contributed by atoms with Crippen molar-refractivity contribution < 1.29 is 4.42 Å². The highest BCUT2D eigenvalue weighted by Gasteiger charge is 2.13. The van der Waals surface area contributed by atoms with E-state index in [1.165, 1.54) is 43.3 Å². The second kappa shape index (κ2) is 4.30. The summed E-state index contributed by atoms with van der Waals surface area (Å²) in [6.45, 7) is 3.51. The molecule has 0 bridgehead atoms. The molecule has 1 fully saturated rings. The molecule has 2 nitrogen and oxygen atoms in total. The van der Waals surface area contributed by atoms with Gasteiger partial charge in [0.1, 0.15) is 5.58 Å². The molecule has 84 valence electrons. The SMILES string of the molecule is c1ccc2c(CN3CCCCC3)coc2c1. The van der Waals surface area contributed by atoms with Crippen molar-refractivity contribution in [2.45, 2.75) is 25.8 Å². The molecule has 2 aromatic rings. The molecule has 0 radical (unpaired) electrons. The van der Waals surface area contributed by atoms with Crippen molar-refractivity contribution >= 4 is 11.0 Å². The largest absolute Gasteiger partial charge is 0.464 e. The van der Waals surface area contributed by atoms with Crippen LogP contribution in [0.3, 0.4) is 0 Å². The number of hydrogen-bond acceptors (Lipinski definition) is 2. The smallest absolute Gasteiger partial charge is 0.134 e. The van der Waals surface area contributed by atoms with Gasteiger partial charge in [0.2, 0.25) is 0 Å². The molecule has 1 aliphatic rings. The van der Waals surface area contributed by atoms with E-state index in [0.717, 1.165) is 12.1 Å². The van der Waals surface area contributed by atoms with Gasteiger partial charge in [-0.25, -0.2) is 0 Å². The van der Waals surface area contributed by atoms with Gasteiger partial charge >= 0.3 is 0 Å². The summed E-state index contributed by atoms with van der Waals surface area (Å²) in [5, 5.41) is 1.27. The van der Waals surface area contributed by atoms with E-state index in [1.807, 2.05) is 18.4 Å². The van der Waals surface area contributed by atoms with E-state index >= 15 is 0 Å². The molecule has 1 aliphatic heterocycles. The fraction of sp³-hybridized carbons (Fsp3) is 0.429. The van der Waals surface area contributed by atoms with Crippen LogP contribution in [0.4, 0.5) is 0 Å². The van der Waals surface area contributed by atoms with Crippen LogP contribution in [0.2, 0.25) is 0 Å². The zero-order valence-electron chi connectivity index (χ0n) is 9.48. The van der Waals surface area contributed by atoms with Crippen LogP contribution in [0, 0.1) is 0 Å². The average molecular weight is 215 g/mol. The highest BCUT2D eigenvalue weighted by Crippen LogP contribution is 2.23. The summed E-state index contributed by atoms with van der Waals surface area (Å²) >= 11 is 0. The summed E-state index contributed by atoms with van der Waals surface area (Å²) in [7, 11) is 0. The quantitative estimate of drug-likeness (QED) is 0.763. The fourth-order valence-corrected chi connectivity index (χ4v) is 2.51. The number of hydrogen-bond donors (Lipinski definition) is 0. The van der Waals surface area contributed by atoms with Crippen LogP contribution in [0.5, 0.6) is 0 Å². The first-order chi connectivity index (χ1) is 7.93. The Morgan fingerprint density at radius 3 is 2.75 bits per heavy atom. The summed E-state index contributed by atoms with van der Waals surface area (Å²) in [5.41, 5.74) is 2.34. The van der Waals surface area contributed by atoms with Gasteiger partial charge in [-0.2, -0.15) is 0 Å². The minimum absolute atomic E-state index is 1.01. The molecule has 0 aliphatic carbocycles. The number of nitrogens with zero attached hydrogens (tertiary/aromatic N) is 1. The third kappa shape index (κ3) is 1.85. The van der Waals surface area contributed by atoms with Crippen LogP contribution in [0.15, 0.2) is 34.9 Å². The number of fused-ring (bicyclic) bond motifs is 1. The van der Waals surface area contributed by atoms with Crippen LogP contribution < -0.4 is 0 Å². The van der Waals surface area contributed by atoms with Crippen LogP contribution in [-0.2, 0) is 6.54 Å². The summed E-state index contributed by atoms with van der Waals surface area (Å²) in [6, 6.07) is 8.29. The van der Waals surface area contributed by atoms with E-state index in [4.69, 9.17) is 4.42 Å². The minimum Gasteiger partial charge on any atom is -0.464 e. The van der Waals surface area contributed by atoms with E-state index < -0.39 is 0 Å². The number of likely N-dealkylation sites (tertiary alicyclic amines) is 1. The second-order valence-corrected chi connectivity index (χ2v) is 4.59. The minimum atomic E-state index is 1.01. The standard InChI is InChI=1S/C14H17NO/c1-4-8-15(9-5-1)10-12-11-16-14-7-3-2-6-13(12)14/h2-3,6-7,11H,1,4-5,8-10H2. The Bertz CT molecular complexity index is 468. The lowest BCUT2D eigenvalue weighted by atomic mass is 10.1. The first kappa shape index (κ1) is 9.91. The van der Waals surface area contributed by atoms with Gasteiger partial charge in [-0.15, -0.1) is 0 Å². The van der Waals surface area contributed by atoms with E-state index in [0.29, 0.717) is 0 Å². The maximum Gasteiger partial charge on any atom is 0.134 e. The van der Waals surface area contributed by atoms with Crippen molar-refractivity contribution in [2.24, 2.45) is 0 Å². The lowest BCUT2D eigenvalue weighted by Gasteiger charge is -2.25. The maximum absolute atomic E-state index is 5.56. The molecule has 3 rings (SSSR count). The molecule has 0 saturated carbocycles. The number of para-hydroxylation sites is 1. The maximum atomic E-state index is 5.56. The topological polar surface area (TPSA) is 16.4 Å². The average Bonchev–Trinajstić information content (AvgIpc) is 2.74. The van der Waals surface area contributed by atoms with Crippen LogP contribution >= 0.6 is 0 Å². The third-order valence-electron chi connectivity index (χ3n) is 3.40. The molecular formula is C14H17NO. The van der Waals surface area contributed by atoms with Crippen molar-refractivity contribution in [3.05, 3.63) is 36.1 Å². The van der Waals surface area contributed by atoms with Gasteiger partial charge in [0.05, 0.1) is 6.26 Å². The molecule has 1 aromatic heterocycles. The first-order valence-corrected chi connectivity index (χ1v) is 6.11. The van der Waals surface area contributed by atoms with Gasteiger partial charge in [0.15, 0.2) is 0 Å². The van der Waals surface area contributed by atoms with Crippen LogP contribution in [0.25, 0.3) is 11.0 Å². The lowest BCUT2D eigenvalue weighted by molar-refractivity contribution is 0.221. The Kier molecular flexibility index (Phi) is 2.66.